The summed E-state index contributed by atoms with van der Waals surface area (Å²) in [5.41, 5.74) is 5.61. The number of nitrogens with two attached hydrogens (primary N) is 1. The Kier molecular flexibility index (Phi) is 3.96. The van der Waals surface area contributed by atoms with E-state index >= 15 is 0 Å². The summed E-state index contributed by atoms with van der Waals surface area (Å²) in [5.74, 6) is 1.15. The van der Waals surface area contributed by atoms with Gasteiger partial charge in [-0.2, -0.15) is 0 Å². The molecule has 2 rings (SSSR count). The van der Waals surface area contributed by atoms with Gasteiger partial charge in [0.05, 0.1) is 5.56 Å². The Labute approximate surface area is 102 Å². The Morgan fingerprint density at radius 2 is 2.12 bits per heavy atom. The number of nitrogens with one attached hydrogen (secondary N) is 1. The summed E-state index contributed by atoms with van der Waals surface area (Å²) in [6.07, 6.45) is 8.22. The Hall–Kier alpha value is -1.58. The number of amides is 1. The van der Waals surface area contributed by atoms with Gasteiger partial charge in [0.1, 0.15) is 5.82 Å². The van der Waals surface area contributed by atoms with Crippen molar-refractivity contribution < 1.29 is 4.79 Å². The third-order valence-electron chi connectivity index (χ3n) is 3.34. The average Bonchev–Trinajstić information content (AvgIpc) is 2.38. The van der Waals surface area contributed by atoms with Crippen LogP contribution in [0.3, 0.4) is 0 Å². The first-order chi connectivity index (χ1) is 8.25. The molecule has 1 aliphatic carbocycles. The fourth-order valence-electron chi connectivity index (χ4n) is 2.28. The first-order valence-electron chi connectivity index (χ1n) is 6.25. The van der Waals surface area contributed by atoms with Crippen LogP contribution in [0.4, 0.5) is 5.82 Å². The largest absolute Gasteiger partial charge is 0.370 e. The monoisotopic (exact) mass is 233 g/mol. The molecule has 0 radical (unpaired) electrons. The summed E-state index contributed by atoms with van der Waals surface area (Å²) in [6.45, 7) is 0.975. The quantitative estimate of drug-likeness (QED) is 0.837. The van der Waals surface area contributed by atoms with Crippen molar-refractivity contribution in [2.75, 3.05) is 11.9 Å². The molecule has 1 aromatic rings. The van der Waals surface area contributed by atoms with Gasteiger partial charge in [-0.25, -0.2) is 4.98 Å². The summed E-state index contributed by atoms with van der Waals surface area (Å²) >= 11 is 0. The number of carbonyl (C=O) groups excluding carboxylic acids is 1. The highest BCUT2D eigenvalue weighted by Crippen LogP contribution is 2.23. The van der Waals surface area contributed by atoms with Gasteiger partial charge in [0.25, 0.3) is 0 Å². The number of hydrogen-bond acceptors (Lipinski definition) is 3. The number of primary amides is 1. The standard InChI is InChI=1S/C13H19N3O/c14-13(17)11-6-7-12(16-9-11)15-8-10-4-2-1-3-5-10/h6-7,9-10H,1-5,8H2,(H2,14,17)(H,15,16). The van der Waals surface area contributed by atoms with Crippen molar-refractivity contribution >= 4 is 11.7 Å². The van der Waals surface area contributed by atoms with E-state index in [0.717, 1.165) is 18.3 Å². The Morgan fingerprint density at radius 3 is 2.71 bits per heavy atom. The number of hydrogen-bond donors (Lipinski definition) is 2. The topological polar surface area (TPSA) is 68.0 Å². The van der Waals surface area contributed by atoms with Gasteiger partial charge in [0.15, 0.2) is 0 Å². The molecule has 0 bridgehead atoms. The summed E-state index contributed by atoms with van der Waals surface area (Å²) in [4.78, 5) is 15.1. The minimum atomic E-state index is -0.434. The number of nitrogens with zero attached hydrogens (tertiary/aromatic N) is 1. The van der Waals surface area contributed by atoms with Crippen molar-refractivity contribution in [1.29, 1.82) is 0 Å². The molecular formula is C13H19N3O. The maximum absolute atomic E-state index is 10.9. The molecule has 17 heavy (non-hydrogen) atoms. The summed E-state index contributed by atoms with van der Waals surface area (Å²) in [7, 11) is 0. The lowest BCUT2D eigenvalue weighted by atomic mass is 9.89. The van der Waals surface area contributed by atoms with Crippen LogP contribution in [0.2, 0.25) is 0 Å². The predicted octanol–water partition coefficient (Wildman–Crippen LogP) is 2.17. The van der Waals surface area contributed by atoms with Gasteiger partial charge in [-0.3, -0.25) is 4.79 Å². The minimum absolute atomic E-state index is 0.434. The molecule has 0 aromatic carbocycles. The van der Waals surface area contributed by atoms with Gasteiger partial charge in [-0.15, -0.1) is 0 Å². The van der Waals surface area contributed by atoms with Crippen LogP contribution in [0.1, 0.15) is 42.5 Å². The van der Waals surface area contributed by atoms with Gasteiger partial charge < -0.3 is 11.1 Å². The van der Waals surface area contributed by atoms with E-state index in [9.17, 15) is 4.79 Å². The van der Waals surface area contributed by atoms with Crippen LogP contribution in [0.15, 0.2) is 18.3 Å². The molecule has 1 aromatic heterocycles. The zero-order chi connectivity index (χ0) is 12.1. The van der Waals surface area contributed by atoms with E-state index in [4.69, 9.17) is 5.73 Å². The van der Waals surface area contributed by atoms with E-state index in [1.165, 1.54) is 38.3 Å². The van der Waals surface area contributed by atoms with Crippen LogP contribution in [0.5, 0.6) is 0 Å². The molecule has 3 N–H and O–H groups in total. The molecule has 0 spiro atoms. The van der Waals surface area contributed by atoms with Crippen LogP contribution in [0.25, 0.3) is 0 Å². The fraction of sp³-hybridized carbons (Fsp3) is 0.538. The van der Waals surface area contributed by atoms with E-state index in [-0.39, 0.29) is 0 Å². The van der Waals surface area contributed by atoms with Gasteiger partial charge in [-0.1, -0.05) is 19.3 Å². The number of pyridine rings is 1. The number of rotatable bonds is 4. The second-order valence-corrected chi connectivity index (χ2v) is 4.68. The Bertz CT molecular complexity index is 369. The molecule has 4 heteroatoms. The molecule has 0 unspecified atom stereocenters. The van der Waals surface area contributed by atoms with E-state index in [1.54, 1.807) is 6.07 Å². The highest BCUT2D eigenvalue weighted by atomic mass is 16.1. The zero-order valence-electron chi connectivity index (χ0n) is 9.98. The van der Waals surface area contributed by atoms with Crippen LogP contribution < -0.4 is 11.1 Å². The summed E-state index contributed by atoms with van der Waals surface area (Å²) in [6, 6.07) is 3.52. The maximum atomic E-state index is 10.9. The number of carbonyl (C=O) groups is 1. The highest BCUT2D eigenvalue weighted by Gasteiger charge is 2.12. The van der Waals surface area contributed by atoms with E-state index in [1.807, 2.05) is 6.07 Å². The van der Waals surface area contributed by atoms with Crippen molar-refractivity contribution in [3.63, 3.8) is 0 Å². The van der Waals surface area contributed by atoms with E-state index in [0.29, 0.717) is 5.56 Å². The fourth-order valence-corrected chi connectivity index (χ4v) is 2.28. The molecule has 4 nitrogen and oxygen atoms in total. The number of aromatic nitrogens is 1. The molecule has 1 heterocycles. The summed E-state index contributed by atoms with van der Waals surface area (Å²) < 4.78 is 0. The van der Waals surface area contributed by atoms with Crippen molar-refractivity contribution in [3.8, 4) is 0 Å². The molecular weight excluding hydrogens is 214 g/mol. The van der Waals surface area contributed by atoms with E-state index < -0.39 is 5.91 Å². The van der Waals surface area contributed by atoms with Crippen LogP contribution in [0, 0.1) is 5.92 Å². The normalized spacial score (nSPS) is 16.7. The van der Waals surface area contributed by atoms with Gasteiger partial charge in [0, 0.05) is 12.7 Å². The number of anilines is 1. The summed E-state index contributed by atoms with van der Waals surface area (Å²) in [5, 5.41) is 3.32. The first-order valence-corrected chi connectivity index (χ1v) is 6.25. The Morgan fingerprint density at radius 1 is 1.35 bits per heavy atom. The molecule has 1 amide bonds. The van der Waals surface area contributed by atoms with Crippen molar-refractivity contribution in [3.05, 3.63) is 23.9 Å². The smallest absolute Gasteiger partial charge is 0.250 e. The highest BCUT2D eigenvalue weighted by molar-refractivity contribution is 5.92. The van der Waals surface area contributed by atoms with Crippen molar-refractivity contribution in [2.45, 2.75) is 32.1 Å². The van der Waals surface area contributed by atoms with Crippen LogP contribution >= 0.6 is 0 Å². The third-order valence-corrected chi connectivity index (χ3v) is 3.34. The van der Waals surface area contributed by atoms with Crippen molar-refractivity contribution in [1.82, 2.24) is 4.98 Å². The minimum Gasteiger partial charge on any atom is -0.370 e. The second kappa shape index (κ2) is 5.66. The third kappa shape index (κ3) is 3.44. The lowest BCUT2D eigenvalue weighted by Gasteiger charge is -2.21. The molecule has 0 aliphatic heterocycles. The van der Waals surface area contributed by atoms with Gasteiger partial charge in [-0.05, 0) is 30.9 Å². The van der Waals surface area contributed by atoms with Crippen LogP contribution in [-0.2, 0) is 0 Å². The Balaban J connectivity index is 1.84. The second-order valence-electron chi connectivity index (χ2n) is 4.68. The zero-order valence-corrected chi connectivity index (χ0v) is 9.98. The molecule has 1 fully saturated rings. The molecule has 1 aliphatic rings. The van der Waals surface area contributed by atoms with Crippen LogP contribution in [-0.4, -0.2) is 17.4 Å². The van der Waals surface area contributed by atoms with Gasteiger partial charge >= 0.3 is 0 Å². The molecule has 92 valence electrons. The average molecular weight is 233 g/mol. The first kappa shape index (κ1) is 11.9. The van der Waals surface area contributed by atoms with E-state index in [2.05, 4.69) is 10.3 Å². The molecule has 0 saturated heterocycles. The SMILES string of the molecule is NC(=O)c1ccc(NCC2CCCCC2)nc1. The van der Waals surface area contributed by atoms with Crippen molar-refractivity contribution in [2.24, 2.45) is 11.7 Å². The molecule has 1 saturated carbocycles. The lowest BCUT2D eigenvalue weighted by molar-refractivity contribution is 0.1000. The van der Waals surface area contributed by atoms with Gasteiger partial charge in [0.2, 0.25) is 5.91 Å². The lowest BCUT2D eigenvalue weighted by Crippen LogP contribution is -2.18. The predicted molar refractivity (Wildman–Crippen MR) is 67.8 cm³/mol. The molecule has 0 atom stereocenters. The maximum Gasteiger partial charge on any atom is 0.250 e.